The van der Waals surface area contributed by atoms with Crippen LogP contribution in [0, 0.1) is 13.8 Å². The molecule has 0 unspecified atom stereocenters. The third-order valence-corrected chi connectivity index (χ3v) is 3.74. The first-order valence-electron chi connectivity index (χ1n) is 5.85. The van der Waals surface area contributed by atoms with Gasteiger partial charge in [0.05, 0.1) is 5.39 Å². The Morgan fingerprint density at radius 2 is 2.05 bits per heavy atom. The van der Waals surface area contributed by atoms with Crippen LogP contribution < -0.4 is 11.3 Å². The van der Waals surface area contributed by atoms with Gasteiger partial charge in [0.2, 0.25) is 0 Å². The van der Waals surface area contributed by atoms with Crippen LogP contribution in [0.15, 0.2) is 24.4 Å². The van der Waals surface area contributed by atoms with Crippen LogP contribution in [0.3, 0.4) is 0 Å². The van der Waals surface area contributed by atoms with Crippen molar-refractivity contribution in [2.75, 3.05) is 5.43 Å². The van der Waals surface area contributed by atoms with E-state index in [0.717, 1.165) is 21.5 Å². The summed E-state index contributed by atoms with van der Waals surface area (Å²) in [5.74, 6) is 6.77. The predicted octanol–water partition coefficient (Wildman–Crippen LogP) is 2.66. The maximum absolute atomic E-state index is 5.55. The topological polar surface area (TPSA) is 76.7 Å². The van der Waals surface area contributed by atoms with Gasteiger partial charge >= 0.3 is 0 Å². The van der Waals surface area contributed by atoms with Gasteiger partial charge in [-0.15, -0.1) is 11.3 Å². The number of rotatable bonds is 2. The van der Waals surface area contributed by atoms with Gasteiger partial charge < -0.3 is 5.43 Å². The number of fused-ring (bicyclic) bond motifs is 1. The molecule has 0 aliphatic carbocycles. The highest BCUT2D eigenvalue weighted by Gasteiger charge is 2.11. The smallest absolute Gasteiger partial charge is 0.181 e. The molecule has 0 aromatic carbocycles. The molecule has 0 atom stereocenters. The molecular weight excluding hydrogens is 258 g/mol. The third kappa shape index (κ3) is 2.16. The Bertz CT molecular complexity index is 750. The Morgan fingerprint density at radius 1 is 1.21 bits per heavy atom. The molecule has 0 spiro atoms. The van der Waals surface area contributed by atoms with E-state index in [0.29, 0.717) is 11.6 Å². The molecule has 5 nitrogen and oxygen atoms in total. The summed E-state index contributed by atoms with van der Waals surface area (Å²) in [5.41, 5.74) is 4.51. The molecule has 3 rings (SSSR count). The minimum atomic E-state index is 0.589. The number of hydrogen-bond donors (Lipinski definition) is 2. The fourth-order valence-corrected chi connectivity index (χ4v) is 2.80. The number of hydrogen-bond acceptors (Lipinski definition) is 6. The lowest BCUT2D eigenvalue weighted by molar-refractivity contribution is 1.15. The van der Waals surface area contributed by atoms with E-state index >= 15 is 0 Å². The summed E-state index contributed by atoms with van der Waals surface area (Å²) < 4.78 is 0. The van der Waals surface area contributed by atoms with Crippen LogP contribution in [0.5, 0.6) is 0 Å². The number of aryl methyl sites for hydroxylation is 2. The van der Waals surface area contributed by atoms with Crippen molar-refractivity contribution in [2.24, 2.45) is 5.84 Å². The second-order valence-electron chi connectivity index (χ2n) is 4.33. The van der Waals surface area contributed by atoms with Crippen molar-refractivity contribution >= 4 is 27.4 Å². The number of nitrogen functional groups attached to an aromatic ring is 1. The van der Waals surface area contributed by atoms with Gasteiger partial charge in [-0.05, 0) is 37.6 Å². The summed E-state index contributed by atoms with van der Waals surface area (Å²) in [5, 5.41) is 0.946. The van der Waals surface area contributed by atoms with Crippen molar-refractivity contribution in [1.82, 2.24) is 15.0 Å². The van der Waals surface area contributed by atoms with Crippen LogP contribution in [-0.4, -0.2) is 15.0 Å². The Labute approximate surface area is 114 Å². The Kier molecular flexibility index (Phi) is 2.88. The lowest BCUT2D eigenvalue weighted by Gasteiger charge is -2.05. The predicted molar refractivity (Wildman–Crippen MR) is 77.9 cm³/mol. The van der Waals surface area contributed by atoms with E-state index in [-0.39, 0.29) is 0 Å². The van der Waals surface area contributed by atoms with Crippen molar-refractivity contribution in [1.29, 1.82) is 0 Å². The molecule has 6 heteroatoms. The minimum absolute atomic E-state index is 0.589. The van der Waals surface area contributed by atoms with Crippen molar-refractivity contribution < 1.29 is 0 Å². The van der Waals surface area contributed by atoms with Gasteiger partial charge in [-0.3, -0.25) is 4.98 Å². The van der Waals surface area contributed by atoms with Crippen molar-refractivity contribution in [3.05, 3.63) is 34.8 Å². The van der Waals surface area contributed by atoms with Gasteiger partial charge in [-0.1, -0.05) is 0 Å². The van der Waals surface area contributed by atoms with Crippen molar-refractivity contribution in [3.63, 3.8) is 0 Å². The first-order valence-corrected chi connectivity index (χ1v) is 6.67. The Morgan fingerprint density at radius 3 is 2.79 bits per heavy atom. The molecule has 0 bridgehead atoms. The molecule has 0 fully saturated rings. The maximum atomic E-state index is 5.55. The molecule has 0 radical (unpaired) electrons. The number of nitrogens with one attached hydrogen (secondary N) is 1. The maximum Gasteiger partial charge on any atom is 0.181 e. The highest BCUT2D eigenvalue weighted by atomic mass is 32.1. The molecule has 96 valence electrons. The van der Waals surface area contributed by atoms with Gasteiger partial charge in [0.15, 0.2) is 11.6 Å². The van der Waals surface area contributed by atoms with Gasteiger partial charge in [-0.2, -0.15) is 0 Å². The number of pyridine rings is 1. The van der Waals surface area contributed by atoms with Crippen LogP contribution in [0.4, 0.5) is 5.82 Å². The fraction of sp³-hybridized carbons (Fsp3) is 0.154. The second kappa shape index (κ2) is 4.56. The van der Waals surface area contributed by atoms with E-state index in [1.165, 1.54) is 4.88 Å². The molecule has 3 aromatic rings. The lowest BCUT2D eigenvalue weighted by Crippen LogP contribution is -2.10. The van der Waals surface area contributed by atoms with E-state index in [4.69, 9.17) is 5.84 Å². The van der Waals surface area contributed by atoms with E-state index < -0.39 is 0 Å². The normalized spacial score (nSPS) is 10.9. The molecule has 19 heavy (non-hydrogen) atoms. The first kappa shape index (κ1) is 12.0. The zero-order valence-corrected chi connectivity index (χ0v) is 11.5. The summed E-state index contributed by atoms with van der Waals surface area (Å²) in [6.07, 6.45) is 1.76. The third-order valence-electron chi connectivity index (χ3n) is 2.80. The number of nitrogens with zero attached hydrogens (tertiary/aromatic N) is 3. The van der Waals surface area contributed by atoms with Crippen LogP contribution in [-0.2, 0) is 0 Å². The molecule has 0 saturated heterocycles. The molecule has 0 amide bonds. The van der Waals surface area contributed by atoms with Gasteiger partial charge in [0, 0.05) is 11.1 Å². The summed E-state index contributed by atoms with van der Waals surface area (Å²) in [6.45, 7) is 4.05. The average molecular weight is 271 g/mol. The summed E-state index contributed by atoms with van der Waals surface area (Å²) in [4.78, 5) is 15.4. The van der Waals surface area contributed by atoms with E-state index in [9.17, 15) is 0 Å². The summed E-state index contributed by atoms with van der Waals surface area (Å²) in [6, 6.07) is 5.93. The number of nitrogens with two attached hydrogens (primary N) is 1. The van der Waals surface area contributed by atoms with E-state index in [1.807, 2.05) is 32.0 Å². The van der Waals surface area contributed by atoms with Crippen molar-refractivity contribution in [3.8, 4) is 11.5 Å². The standard InChI is InChI=1S/C13H13N5S/c1-7-3-4-15-10(5-7)12-16-11(18-14)9-6-8(2)19-13(9)17-12/h3-6H,14H2,1-2H3,(H,16,17,18). The quantitative estimate of drug-likeness (QED) is 0.553. The molecule has 0 aliphatic heterocycles. The van der Waals surface area contributed by atoms with Gasteiger partial charge in [0.25, 0.3) is 0 Å². The van der Waals surface area contributed by atoms with Gasteiger partial charge in [-0.25, -0.2) is 15.8 Å². The summed E-state index contributed by atoms with van der Waals surface area (Å²) in [7, 11) is 0. The van der Waals surface area contributed by atoms with Crippen LogP contribution >= 0.6 is 11.3 Å². The minimum Gasteiger partial charge on any atom is -0.308 e. The van der Waals surface area contributed by atoms with E-state index in [1.54, 1.807) is 17.5 Å². The largest absolute Gasteiger partial charge is 0.308 e. The van der Waals surface area contributed by atoms with Crippen LogP contribution in [0.2, 0.25) is 0 Å². The van der Waals surface area contributed by atoms with Crippen LogP contribution in [0.1, 0.15) is 10.4 Å². The SMILES string of the molecule is Cc1ccnc(-c2nc(NN)c3cc(C)sc3n2)c1. The molecule has 3 N–H and O–H groups in total. The zero-order valence-electron chi connectivity index (χ0n) is 10.6. The van der Waals surface area contributed by atoms with Crippen molar-refractivity contribution in [2.45, 2.75) is 13.8 Å². The van der Waals surface area contributed by atoms with Crippen LogP contribution in [0.25, 0.3) is 21.7 Å². The highest BCUT2D eigenvalue weighted by Crippen LogP contribution is 2.30. The average Bonchev–Trinajstić information content (AvgIpc) is 2.77. The monoisotopic (exact) mass is 271 g/mol. The molecule has 0 aliphatic rings. The number of aromatic nitrogens is 3. The lowest BCUT2D eigenvalue weighted by atomic mass is 10.2. The Hall–Kier alpha value is -2.05. The molecule has 3 aromatic heterocycles. The molecule has 0 saturated carbocycles. The fourth-order valence-electron chi connectivity index (χ4n) is 1.92. The highest BCUT2D eigenvalue weighted by molar-refractivity contribution is 7.18. The van der Waals surface area contributed by atoms with E-state index in [2.05, 4.69) is 20.4 Å². The van der Waals surface area contributed by atoms with Gasteiger partial charge in [0.1, 0.15) is 10.5 Å². The first-order chi connectivity index (χ1) is 9.17. The molecule has 3 heterocycles. The number of anilines is 1. The number of hydrazine groups is 1. The molecular formula is C13H13N5S. The number of thiophene rings is 1. The zero-order chi connectivity index (χ0) is 13.4. The second-order valence-corrected chi connectivity index (χ2v) is 5.57. The summed E-state index contributed by atoms with van der Waals surface area (Å²) >= 11 is 1.62. The Balaban J connectivity index is 2.24.